The Hall–Kier alpha value is -1.94. The van der Waals surface area contributed by atoms with Crippen molar-refractivity contribution >= 4 is 39.5 Å². The summed E-state index contributed by atoms with van der Waals surface area (Å²) in [5.74, 6) is -1.26. The molecule has 0 bridgehead atoms. The van der Waals surface area contributed by atoms with Gasteiger partial charge >= 0.3 is 39.5 Å². The molecule has 546 valence electrons. The molecule has 0 fully saturated rings. The zero-order chi connectivity index (χ0) is 67.7. The minimum absolute atomic E-state index is 0.107. The molecule has 3 N–H and O–H groups in total. The van der Waals surface area contributed by atoms with Crippen molar-refractivity contribution in [1.29, 1.82) is 0 Å². The number of carbonyl (C=O) groups is 4. The van der Waals surface area contributed by atoms with E-state index in [1.165, 1.54) is 199 Å². The molecule has 0 spiro atoms. The van der Waals surface area contributed by atoms with Gasteiger partial charge in [-0.25, -0.2) is 9.13 Å². The first-order valence-corrected chi connectivity index (χ1v) is 41.2. The lowest BCUT2D eigenvalue weighted by atomic mass is 9.99. The van der Waals surface area contributed by atoms with Gasteiger partial charge in [0.25, 0.3) is 0 Å². The molecule has 0 aromatic rings. The number of phosphoric acid groups is 2. The molecular weight excluding hydrogens is 1210 g/mol. The van der Waals surface area contributed by atoms with Gasteiger partial charge in [0.05, 0.1) is 26.4 Å². The Morgan fingerprint density at radius 1 is 0.304 bits per heavy atom. The largest absolute Gasteiger partial charge is 0.472 e. The van der Waals surface area contributed by atoms with E-state index in [2.05, 4.69) is 34.6 Å². The maximum absolute atomic E-state index is 13.1. The van der Waals surface area contributed by atoms with Crippen LogP contribution in [0.5, 0.6) is 0 Å². The second-order valence-corrected chi connectivity index (χ2v) is 29.5. The monoisotopic (exact) mass is 1350 g/mol. The molecule has 0 aliphatic rings. The fourth-order valence-corrected chi connectivity index (χ4v) is 12.7. The SMILES string of the molecule is CCCCCCCCCCCCCCCC(=O)OC[C@H](COP(=O)(O)OC[C@@H](O)COP(=O)(O)OC[C@@H](COC(=O)CCCCCCC)OC(=O)CCCCCCCCCCCCCC)OC(=O)CCCCCCCCCCCCCCCCCCCCC(C)CC. The van der Waals surface area contributed by atoms with Crippen molar-refractivity contribution < 1.29 is 80.2 Å². The number of rotatable bonds is 73. The molecule has 17 nitrogen and oxygen atoms in total. The highest BCUT2D eigenvalue weighted by molar-refractivity contribution is 7.47. The summed E-state index contributed by atoms with van der Waals surface area (Å²) in [5.41, 5.74) is 0. The third-order valence-electron chi connectivity index (χ3n) is 17.4. The van der Waals surface area contributed by atoms with E-state index < -0.39 is 97.5 Å². The molecule has 0 aromatic carbocycles. The van der Waals surface area contributed by atoms with Crippen molar-refractivity contribution in [2.75, 3.05) is 39.6 Å². The zero-order valence-electron chi connectivity index (χ0n) is 59.7. The summed E-state index contributed by atoms with van der Waals surface area (Å²) in [6.07, 6.45) is 54.5. The number of hydrogen-bond donors (Lipinski definition) is 3. The lowest BCUT2D eigenvalue weighted by Gasteiger charge is -2.21. The van der Waals surface area contributed by atoms with Gasteiger partial charge in [0.1, 0.15) is 19.3 Å². The minimum Gasteiger partial charge on any atom is -0.462 e. The number of ether oxygens (including phenoxy) is 4. The number of aliphatic hydroxyl groups excluding tert-OH is 1. The number of aliphatic hydroxyl groups is 1. The van der Waals surface area contributed by atoms with Crippen LogP contribution in [0.3, 0.4) is 0 Å². The van der Waals surface area contributed by atoms with Crippen molar-refractivity contribution in [2.45, 2.75) is 400 Å². The maximum Gasteiger partial charge on any atom is 0.472 e. The van der Waals surface area contributed by atoms with E-state index in [1.54, 1.807) is 0 Å². The van der Waals surface area contributed by atoms with Crippen molar-refractivity contribution in [2.24, 2.45) is 5.92 Å². The van der Waals surface area contributed by atoms with Gasteiger partial charge in [-0.15, -0.1) is 0 Å². The fraction of sp³-hybridized carbons (Fsp3) is 0.945. The van der Waals surface area contributed by atoms with E-state index in [0.29, 0.717) is 25.7 Å². The first-order valence-electron chi connectivity index (χ1n) is 38.2. The van der Waals surface area contributed by atoms with E-state index in [-0.39, 0.29) is 25.7 Å². The van der Waals surface area contributed by atoms with Gasteiger partial charge in [-0.05, 0) is 31.6 Å². The predicted octanol–water partition coefficient (Wildman–Crippen LogP) is 21.3. The van der Waals surface area contributed by atoms with Crippen molar-refractivity contribution in [1.82, 2.24) is 0 Å². The van der Waals surface area contributed by atoms with Crippen molar-refractivity contribution in [3.8, 4) is 0 Å². The molecule has 0 heterocycles. The van der Waals surface area contributed by atoms with Gasteiger partial charge in [-0.2, -0.15) is 0 Å². The van der Waals surface area contributed by atoms with Crippen molar-refractivity contribution in [3.05, 3.63) is 0 Å². The van der Waals surface area contributed by atoms with Gasteiger partial charge in [-0.1, -0.05) is 330 Å². The topological polar surface area (TPSA) is 237 Å². The summed E-state index contributed by atoms with van der Waals surface area (Å²) >= 11 is 0. The molecule has 0 saturated carbocycles. The van der Waals surface area contributed by atoms with Crippen LogP contribution in [0.4, 0.5) is 0 Å². The molecule has 92 heavy (non-hydrogen) atoms. The Bertz CT molecular complexity index is 1770. The lowest BCUT2D eigenvalue weighted by molar-refractivity contribution is -0.161. The zero-order valence-corrected chi connectivity index (χ0v) is 61.5. The first-order chi connectivity index (χ1) is 44.6. The Morgan fingerprint density at radius 3 is 0.772 bits per heavy atom. The summed E-state index contributed by atoms with van der Waals surface area (Å²) in [5, 5.41) is 10.6. The molecule has 0 radical (unpaired) electrons. The van der Waals surface area contributed by atoms with E-state index in [4.69, 9.17) is 37.0 Å². The number of phosphoric ester groups is 2. The van der Waals surface area contributed by atoms with Crippen LogP contribution in [-0.2, 0) is 65.4 Å². The minimum atomic E-state index is -4.95. The summed E-state index contributed by atoms with van der Waals surface area (Å²) in [7, 11) is -9.89. The van der Waals surface area contributed by atoms with Crippen molar-refractivity contribution in [3.63, 3.8) is 0 Å². The molecule has 3 unspecified atom stereocenters. The summed E-state index contributed by atoms with van der Waals surface area (Å²) in [4.78, 5) is 72.3. The van der Waals surface area contributed by atoms with Gasteiger partial charge < -0.3 is 33.8 Å². The third-order valence-corrected chi connectivity index (χ3v) is 19.3. The highest BCUT2D eigenvalue weighted by Gasteiger charge is 2.30. The van der Waals surface area contributed by atoms with E-state index >= 15 is 0 Å². The summed E-state index contributed by atoms with van der Waals surface area (Å²) < 4.78 is 68.1. The van der Waals surface area contributed by atoms with Crippen LogP contribution in [-0.4, -0.2) is 96.7 Å². The normalized spacial score (nSPS) is 14.3. The molecule has 6 atom stereocenters. The Kier molecular flexibility index (Phi) is 64.9. The summed E-state index contributed by atoms with van der Waals surface area (Å²) in [6.45, 7) is 7.25. The molecule has 0 aliphatic heterocycles. The van der Waals surface area contributed by atoms with Crippen LogP contribution in [0.25, 0.3) is 0 Å². The van der Waals surface area contributed by atoms with Gasteiger partial charge in [0, 0.05) is 25.7 Å². The van der Waals surface area contributed by atoms with E-state index in [0.717, 1.165) is 102 Å². The van der Waals surface area contributed by atoms with Crippen LogP contribution in [0.2, 0.25) is 0 Å². The quantitative estimate of drug-likeness (QED) is 0.0222. The van der Waals surface area contributed by atoms with E-state index in [9.17, 15) is 43.2 Å². The molecular formula is C73H142O17P2. The predicted molar refractivity (Wildman–Crippen MR) is 372 cm³/mol. The summed E-state index contributed by atoms with van der Waals surface area (Å²) in [6, 6.07) is 0. The second-order valence-electron chi connectivity index (χ2n) is 26.6. The number of hydrogen-bond acceptors (Lipinski definition) is 15. The molecule has 0 saturated heterocycles. The standard InChI is InChI=1S/C73H142O17P2/c1-6-10-13-16-18-20-22-30-35-38-42-47-52-57-71(76)84-63-69(90-73(78)59-54-49-44-40-36-32-29-27-25-24-26-28-31-33-37-41-46-50-55-66(5)9-4)65-88-92(81,82)86-61-67(74)60-85-91(79,80)87-64-68(62-83-70(75)56-51-45-15-12-8-3)89-72(77)58-53-48-43-39-34-23-21-19-17-14-11-7-2/h66-69,74H,6-65H2,1-5H3,(H,79,80)(H,81,82)/t66?,67-,68+,69+/m0/s1. The van der Waals surface area contributed by atoms with Crippen LogP contribution in [0.15, 0.2) is 0 Å². The van der Waals surface area contributed by atoms with Crippen LogP contribution in [0.1, 0.15) is 381 Å². The second kappa shape index (κ2) is 66.3. The lowest BCUT2D eigenvalue weighted by Crippen LogP contribution is -2.30. The van der Waals surface area contributed by atoms with Crippen LogP contribution < -0.4 is 0 Å². The Balaban J connectivity index is 5.10. The molecule has 0 amide bonds. The number of unbranched alkanes of at least 4 members (excludes halogenated alkanes) is 44. The van der Waals surface area contributed by atoms with Gasteiger partial charge in [0.2, 0.25) is 0 Å². The molecule has 19 heteroatoms. The van der Waals surface area contributed by atoms with Gasteiger partial charge in [0.15, 0.2) is 12.2 Å². The average molecular weight is 1350 g/mol. The van der Waals surface area contributed by atoms with Crippen LogP contribution in [0, 0.1) is 5.92 Å². The average Bonchev–Trinajstić information content (AvgIpc) is 2.86. The highest BCUT2D eigenvalue weighted by atomic mass is 31.2. The number of carbonyl (C=O) groups excluding carboxylic acids is 4. The Morgan fingerprint density at radius 2 is 0.522 bits per heavy atom. The Labute approximate surface area is 562 Å². The molecule has 0 aromatic heterocycles. The highest BCUT2D eigenvalue weighted by Crippen LogP contribution is 2.45. The smallest absolute Gasteiger partial charge is 0.462 e. The van der Waals surface area contributed by atoms with Crippen LogP contribution >= 0.6 is 15.6 Å². The van der Waals surface area contributed by atoms with E-state index in [1.807, 2.05) is 0 Å². The third kappa shape index (κ3) is 65.4. The first kappa shape index (κ1) is 90.1. The fourth-order valence-electron chi connectivity index (χ4n) is 11.1. The molecule has 0 aliphatic carbocycles. The maximum atomic E-state index is 13.1. The number of esters is 4. The molecule has 0 rings (SSSR count). The van der Waals surface area contributed by atoms with Gasteiger partial charge in [-0.3, -0.25) is 37.3 Å².